The van der Waals surface area contributed by atoms with Crippen molar-refractivity contribution in [2.75, 3.05) is 11.9 Å². The average Bonchev–Trinajstić information content (AvgIpc) is 3.22. The number of nitrogens with zero attached hydrogens (tertiary/aromatic N) is 6. The summed E-state index contributed by atoms with van der Waals surface area (Å²) in [5.74, 6) is 0.0493. The summed E-state index contributed by atoms with van der Waals surface area (Å²) in [6.07, 6.45) is -0.0578. The lowest BCUT2D eigenvalue weighted by Crippen LogP contribution is -2.09. The second kappa shape index (κ2) is 6.42. The van der Waals surface area contributed by atoms with Gasteiger partial charge in [0.1, 0.15) is 5.82 Å². The van der Waals surface area contributed by atoms with Crippen LogP contribution in [-0.2, 0) is 6.54 Å². The number of imidazole rings is 1. The number of halogens is 2. The van der Waals surface area contributed by atoms with E-state index in [9.17, 15) is 8.78 Å². The van der Waals surface area contributed by atoms with Crippen molar-refractivity contribution < 1.29 is 8.78 Å². The lowest BCUT2D eigenvalue weighted by Gasteiger charge is -2.07. The summed E-state index contributed by atoms with van der Waals surface area (Å²) in [4.78, 5) is 4.35. The van der Waals surface area contributed by atoms with Gasteiger partial charge in [0.05, 0.1) is 17.4 Å². The van der Waals surface area contributed by atoms with E-state index in [1.165, 1.54) is 0 Å². The van der Waals surface area contributed by atoms with Crippen LogP contribution in [0.15, 0.2) is 42.7 Å². The number of hydrogen-bond donors (Lipinski definition) is 1. The van der Waals surface area contributed by atoms with Crippen molar-refractivity contribution in [3.05, 3.63) is 48.5 Å². The van der Waals surface area contributed by atoms with Gasteiger partial charge >= 0.3 is 0 Å². The maximum Gasteiger partial charge on any atom is 0.299 e. The Balaban J connectivity index is 1.40. The van der Waals surface area contributed by atoms with Gasteiger partial charge in [-0.05, 0) is 30.7 Å². The minimum absolute atomic E-state index is 0.297. The molecular weight excluding hydrogens is 328 g/mol. The summed E-state index contributed by atoms with van der Waals surface area (Å²) in [5, 5.41) is 14.4. The molecule has 4 rings (SSSR count). The molecule has 0 fully saturated rings. The highest BCUT2D eigenvalue weighted by Gasteiger charge is 2.16. The molecule has 0 aliphatic rings. The number of hydrogen-bond acceptors (Lipinski definition) is 5. The van der Waals surface area contributed by atoms with Gasteiger partial charge in [0.25, 0.3) is 6.43 Å². The summed E-state index contributed by atoms with van der Waals surface area (Å²) in [5.41, 5.74) is 2.36. The fourth-order valence-corrected chi connectivity index (χ4v) is 2.69. The first-order chi connectivity index (χ1) is 12.2. The normalized spacial score (nSPS) is 11.6. The van der Waals surface area contributed by atoms with Gasteiger partial charge in [-0.3, -0.25) is 0 Å². The molecule has 0 aliphatic heterocycles. The number of fused-ring (bicyclic) bond motifs is 2. The lowest BCUT2D eigenvalue weighted by molar-refractivity contribution is 0.137. The molecule has 0 saturated heterocycles. The predicted molar refractivity (Wildman–Crippen MR) is 88.6 cm³/mol. The Kier molecular flexibility index (Phi) is 3.96. The number of benzene rings is 1. The Morgan fingerprint density at radius 1 is 1.08 bits per heavy atom. The molecular formula is C16H15F2N7. The molecule has 7 nitrogen and oxygen atoms in total. The van der Waals surface area contributed by atoms with E-state index < -0.39 is 12.2 Å². The number of aromatic nitrogens is 6. The quantitative estimate of drug-likeness (QED) is 0.545. The SMILES string of the molecule is FC(F)c1nnc2ccc(NCCCn3cnc4ccccc43)nn12. The van der Waals surface area contributed by atoms with Gasteiger partial charge < -0.3 is 9.88 Å². The summed E-state index contributed by atoms with van der Waals surface area (Å²) in [6.45, 7) is 1.45. The molecule has 3 heterocycles. The highest BCUT2D eigenvalue weighted by atomic mass is 19.3. The molecule has 4 aromatic rings. The van der Waals surface area contributed by atoms with Gasteiger partial charge in [-0.25, -0.2) is 13.8 Å². The third-order valence-corrected chi connectivity index (χ3v) is 3.89. The number of aryl methyl sites for hydroxylation is 1. The fourth-order valence-electron chi connectivity index (χ4n) is 2.69. The topological polar surface area (TPSA) is 72.9 Å². The second-order valence-corrected chi connectivity index (χ2v) is 5.55. The van der Waals surface area contributed by atoms with Crippen molar-refractivity contribution in [1.82, 2.24) is 29.4 Å². The largest absolute Gasteiger partial charge is 0.369 e. The molecule has 3 aromatic heterocycles. The van der Waals surface area contributed by atoms with Crippen LogP contribution in [0.2, 0.25) is 0 Å². The highest BCUT2D eigenvalue weighted by molar-refractivity contribution is 5.74. The molecule has 0 unspecified atom stereocenters. The molecule has 0 amide bonds. The number of alkyl halides is 2. The van der Waals surface area contributed by atoms with E-state index in [1.54, 1.807) is 12.1 Å². The van der Waals surface area contributed by atoms with Gasteiger partial charge in [-0.1, -0.05) is 12.1 Å². The van der Waals surface area contributed by atoms with Crippen molar-refractivity contribution in [2.45, 2.75) is 19.4 Å². The first-order valence-corrected chi connectivity index (χ1v) is 7.86. The summed E-state index contributed by atoms with van der Waals surface area (Å²) in [7, 11) is 0. The Labute approximate surface area is 141 Å². The van der Waals surface area contributed by atoms with Gasteiger partial charge in [0.2, 0.25) is 5.82 Å². The van der Waals surface area contributed by atoms with Crippen LogP contribution >= 0.6 is 0 Å². The van der Waals surface area contributed by atoms with E-state index in [1.807, 2.05) is 30.6 Å². The monoisotopic (exact) mass is 343 g/mol. The van der Waals surface area contributed by atoms with Gasteiger partial charge in [0.15, 0.2) is 5.65 Å². The summed E-state index contributed by atoms with van der Waals surface area (Å²) < 4.78 is 28.9. The van der Waals surface area contributed by atoms with Crippen molar-refractivity contribution in [3.8, 4) is 0 Å². The van der Waals surface area contributed by atoms with Crippen molar-refractivity contribution in [1.29, 1.82) is 0 Å². The smallest absolute Gasteiger partial charge is 0.299 e. The first-order valence-electron chi connectivity index (χ1n) is 7.86. The zero-order valence-electron chi connectivity index (χ0n) is 13.2. The number of rotatable bonds is 6. The highest BCUT2D eigenvalue weighted by Crippen LogP contribution is 2.17. The Bertz CT molecular complexity index is 1010. The molecule has 25 heavy (non-hydrogen) atoms. The molecule has 0 radical (unpaired) electrons. The van der Waals surface area contributed by atoms with E-state index in [-0.39, 0.29) is 0 Å². The van der Waals surface area contributed by atoms with E-state index in [0.29, 0.717) is 18.0 Å². The van der Waals surface area contributed by atoms with Crippen LogP contribution in [0.1, 0.15) is 18.7 Å². The van der Waals surface area contributed by atoms with Crippen LogP contribution in [0.3, 0.4) is 0 Å². The number of anilines is 1. The van der Waals surface area contributed by atoms with Crippen molar-refractivity contribution in [3.63, 3.8) is 0 Å². The average molecular weight is 343 g/mol. The van der Waals surface area contributed by atoms with Gasteiger partial charge in [-0.2, -0.15) is 4.52 Å². The maximum absolute atomic E-state index is 12.9. The van der Waals surface area contributed by atoms with E-state index in [0.717, 1.165) is 28.5 Å². The third kappa shape index (κ3) is 3.00. The molecule has 128 valence electrons. The van der Waals surface area contributed by atoms with E-state index in [4.69, 9.17) is 0 Å². The van der Waals surface area contributed by atoms with E-state index >= 15 is 0 Å². The standard InChI is InChI=1S/C16H15F2N7/c17-15(18)16-22-21-14-7-6-13(23-25(14)16)19-8-3-9-24-10-20-11-4-1-2-5-12(11)24/h1-2,4-7,10,15H,3,8-9H2,(H,19,23). The molecule has 9 heteroatoms. The third-order valence-electron chi connectivity index (χ3n) is 3.89. The molecule has 1 aromatic carbocycles. The minimum atomic E-state index is -2.72. The Morgan fingerprint density at radius 2 is 1.96 bits per heavy atom. The zero-order valence-corrected chi connectivity index (χ0v) is 13.2. The van der Waals surface area contributed by atoms with Crippen molar-refractivity contribution in [2.24, 2.45) is 0 Å². The molecule has 0 saturated carbocycles. The Hall–Kier alpha value is -3.10. The fraction of sp³-hybridized carbons (Fsp3) is 0.250. The van der Waals surface area contributed by atoms with Crippen molar-refractivity contribution >= 4 is 22.5 Å². The molecule has 0 bridgehead atoms. The minimum Gasteiger partial charge on any atom is -0.369 e. The molecule has 0 spiro atoms. The summed E-state index contributed by atoms with van der Waals surface area (Å²) in [6, 6.07) is 11.3. The van der Waals surface area contributed by atoms with Crippen LogP contribution in [0.5, 0.6) is 0 Å². The molecule has 1 N–H and O–H groups in total. The van der Waals surface area contributed by atoms with Gasteiger partial charge in [0, 0.05) is 13.1 Å². The Morgan fingerprint density at radius 3 is 2.84 bits per heavy atom. The number of nitrogens with one attached hydrogen (secondary N) is 1. The molecule has 0 atom stereocenters. The zero-order chi connectivity index (χ0) is 17.2. The first kappa shape index (κ1) is 15.4. The van der Waals surface area contributed by atoms with Gasteiger partial charge in [-0.15, -0.1) is 15.3 Å². The maximum atomic E-state index is 12.9. The predicted octanol–water partition coefficient (Wildman–Crippen LogP) is 2.91. The van der Waals surface area contributed by atoms with Crippen LogP contribution < -0.4 is 5.32 Å². The van der Waals surface area contributed by atoms with Crippen LogP contribution in [-0.4, -0.2) is 35.9 Å². The summed E-state index contributed by atoms with van der Waals surface area (Å²) >= 11 is 0. The van der Waals surface area contributed by atoms with Crippen LogP contribution in [0, 0.1) is 0 Å². The van der Waals surface area contributed by atoms with Crippen LogP contribution in [0.4, 0.5) is 14.6 Å². The van der Waals surface area contributed by atoms with Crippen LogP contribution in [0.25, 0.3) is 16.7 Å². The molecule has 0 aliphatic carbocycles. The second-order valence-electron chi connectivity index (χ2n) is 5.55. The van der Waals surface area contributed by atoms with E-state index in [2.05, 4.69) is 30.2 Å². The lowest BCUT2D eigenvalue weighted by atomic mass is 10.3. The number of para-hydroxylation sites is 2.